The standard InChI is InChI=1S/C20H20N4O2S/c1-2-3-12-27-20-22-19-17(23-24-20)13-8-4-6-10-15(13)21-18(26-19)14-9-5-7-11-16(14)25/h4-11,18,21,25H,2-3,12H2,1H3/t18-/m0/s1. The van der Waals surface area contributed by atoms with Crippen molar-refractivity contribution in [2.24, 2.45) is 0 Å². The van der Waals surface area contributed by atoms with Crippen LogP contribution in [0.25, 0.3) is 11.3 Å². The van der Waals surface area contributed by atoms with Crippen LogP contribution in [0.5, 0.6) is 11.6 Å². The Morgan fingerprint density at radius 3 is 2.78 bits per heavy atom. The number of phenolic OH excluding ortho intramolecular Hbond substituents is 1. The highest BCUT2D eigenvalue weighted by Crippen LogP contribution is 2.40. The highest BCUT2D eigenvalue weighted by atomic mass is 32.2. The van der Waals surface area contributed by atoms with Crippen LogP contribution in [-0.2, 0) is 0 Å². The number of nitrogens with one attached hydrogen (secondary N) is 1. The number of unbranched alkanes of at least 4 members (excludes halogenated alkanes) is 1. The molecule has 1 aromatic heterocycles. The van der Waals surface area contributed by atoms with Gasteiger partial charge in [-0.25, -0.2) is 0 Å². The first-order valence-corrected chi connectivity index (χ1v) is 9.93. The Kier molecular flexibility index (Phi) is 5.11. The number of fused-ring (bicyclic) bond motifs is 3. The molecule has 0 bridgehead atoms. The van der Waals surface area contributed by atoms with Crippen LogP contribution in [0.15, 0.2) is 53.7 Å². The molecule has 2 aromatic carbocycles. The molecule has 3 aromatic rings. The second-order valence-corrected chi connectivity index (χ2v) is 7.26. The molecule has 0 saturated heterocycles. The lowest BCUT2D eigenvalue weighted by Gasteiger charge is -2.20. The average Bonchev–Trinajstić information content (AvgIpc) is 2.85. The van der Waals surface area contributed by atoms with Gasteiger partial charge in [-0.1, -0.05) is 55.4 Å². The van der Waals surface area contributed by atoms with E-state index in [1.54, 1.807) is 23.9 Å². The smallest absolute Gasteiger partial charge is 0.247 e. The molecule has 0 fully saturated rings. The van der Waals surface area contributed by atoms with Crippen LogP contribution in [-0.4, -0.2) is 26.0 Å². The average molecular weight is 380 g/mol. The van der Waals surface area contributed by atoms with Gasteiger partial charge in [-0.3, -0.25) is 0 Å². The number of phenols is 1. The van der Waals surface area contributed by atoms with Crippen LogP contribution >= 0.6 is 11.8 Å². The fraction of sp³-hybridized carbons (Fsp3) is 0.250. The third-order valence-electron chi connectivity index (χ3n) is 4.28. The summed E-state index contributed by atoms with van der Waals surface area (Å²) in [4.78, 5) is 4.59. The number of aromatic nitrogens is 3. The third kappa shape index (κ3) is 3.68. The number of nitrogens with zero attached hydrogens (tertiary/aromatic N) is 3. The van der Waals surface area contributed by atoms with E-state index in [9.17, 15) is 5.11 Å². The summed E-state index contributed by atoms with van der Waals surface area (Å²) in [6.07, 6.45) is 1.63. The van der Waals surface area contributed by atoms with Gasteiger partial charge in [-0.2, -0.15) is 4.98 Å². The lowest BCUT2D eigenvalue weighted by Crippen LogP contribution is -2.17. The Bertz CT molecular complexity index is 951. The summed E-state index contributed by atoms with van der Waals surface area (Å²) in [5, 5.41) is 22.9. The topological polar surface area (TPSA) is 80.2 Å². The van der Waals surface area contributed by atoms with Gasteiger partial charge in [0, 0.05) is 17.0 Å². The number of hydrogen-bond donors (Lipinski definition) is 2. The van der Waals surface area contributed by atoms with Crippen LogP contribution in [0.3, 0.4) is 0 Å². The van der Waals surface area contributed by atoms with Crippen LogP contribution in [0.2, 0.25) is 0 Å². The number of aromatic hydroxyl groups is 1. The number of rotatable bonds is 5. The number of anilines is 1. The minimum atomic E-state index is -0.584. The van der Waals surface area contributed by atoms with Gasteiger partial charge in [0.05, 0.1) is 5.56 Å². The van der Waals surface area contributed by atoms with E-state index in [1.807, 2.05) is 36.4 Å². The molecule has 0 radical (unpaired) electrons. The van der Waals surface area contributed by atoms with Gasteiger partial charge in [0.25, 0.3) is 0 Å². The second-order valence-electron chi connectivity index (χ2n) is 6.20. The number of benzene rings is 2. The molecule has 0 amide bonds. The van der Waals surface area contributed by atoms with E-state index in [4.69, 9.17) is 4.74 Å². The van der Waals surface area contributed by atoms with Crippen LogP contribution in [0.4, 0.5) is 5.69 Å². The molecular formula is C20H20N4O2S. The van der Waals surface area contributed by atoms with Crippen LogP contribution in [0, 0.1) is 0 Å². The first-order chi connectivity index (χ1) is 13.3. The summed E-state index contributed by atoms with van der Waals surface area (Å²) in [6.45, 7) is 2.15. The lowest BCUT2D eigenvalue weighted by molar-refractivity contribution is 0.220. The zero-order valence-electron chi connectivity index (χ0n) is 14.9. The molecule has 138 valence electrons. The molecule has 2 heterocycles. The molecule has 0 unspecified atom stereocenters. The minimum absolute atomic E-state index is 0.162. The maximum absolute atomic E-state index is 10.3. The van der Waals surface area contributed by atoms with E-state index < -0.39 is 6.23 Å². The van der Waals surface area contributed by atoms with Crippen molar-refractivity contribution < 1.29 is 9.84 Å². The highest BCUT2D eigenvalue weighted by molar-refractivity contribution is 7.99. The van der Waals surface area contributed by atoms with Gasteiger partial charge >= 0.3 is 0 Å². The summed E-state index contributed by atoms with van der Waals surface area (Å²) in [5.74, 6) is 1.51. The van der Waals surface area contributed by atoms with Crippen LogP contribution in [0.1, 0.15) is 31.6 Å². The zero-order valence-corrected chi connectivity index (χ0v) is 15.7. The molecule has 4 rings (SSSR count). The predicted octanol–water partition coefficient (Wildman–Crippen LogP) is 4.64. The van der Waals surface area contributed by atoms with E-state index >= 15 is 0 Å². The fourth-order valence-corrected chi connectivity index (χ4v) is 3.73. The van der Waals surface area contributed by atoms with Crippen LogP contribution < -0.4 is 10.1 Å². The summed E-state index contributed by atoms with van der Waals surface area (Å²) in [6, 6.07) is 14.9. The van der Waals surface area contributed by atoms with Crippen molar-refractivity contribution in [2.75, 3.05) is 11.1 Å². The number of para-hydroxylation sites is 2. The summed E-state index contributed by atoms with van der Waals surface area (Å²) < 4.78 is 6.16. The first kappa shape index (κ1) is 17.6. The Morgan fingerprint density at radius 1 is 1.11 bits per heavy atom. The zero-order chi connectivity index (χ0) is 18.6. The molecule has 1 atom stereocenters. The summed E-state index contributed by atoms with van der Waals surface area (Å²) in [7, 11) is 0. The van der Waals surface area contributed by atoms with Gasteiger partial charge in [0.2, 0.25) is 17.3 Å². The highest BCUT2D eigenvalue weighted by Gasteiger charge is 2.27. The quantitative estimate of drug-likeness (QED) is 0.493. The van der Waals surface area contributed by atoms with Crippen molar-refractivity contribution in [1.82, 2.24) is 15.2 Å². The Labute approximate surface area is 162 Å². The maximum atomic E-state index is 10.3. The Balaban J connectivity index is 1.76. The summed E-state index contributed by atoms with van der Waals surface area (Å²) in [5.41, 5.74) is 2.96. The van der Waals surface area contributed by atoms with Crippen molar-refractivity contribution in [1.29, 1.82) is 0 Å². The van der Waals surface area contributed by atoms with E-state index in [2.05, 4.69) is 27.4 Å². The molecule has 1 aliphatic rings. The van der Waals surface area contributed by atoms with E-state index in [1.165, 1.54) is 0 Å². The molecule has 0 saturated carbocycles. The van der Waals surface area contributed by atoms with E-state index in [0.29, 0.717) is 22.3 Å². The van der Waals surface area contributed by atoms with E-state index in [-0.39, 0.29) is 5.75 Å². The van der Waals surface area contributed by atoms with Gasteiger partial charge in [0.15, 0.2) is 5.69 Å². The second kappa shape index (κ2) is 7.84. The largest absolute Gasteiger partial charge is 0.507 e. The van der Waals surface area contributed by atoms with Gasteiger partial charge in [0.1, 0.15) is 5.75 Å². The molecule has 0 spiro atoms. The van der Waals surface area contributed by atoms with Crippen molar-refractivity contribution >= 4 is 17.4 Å². The molecule has 7 heteroatoms. The third-order valence-corrected chi connectivity index (χ3v) is 5.21. The monoisotopic (exact) mass is 380 g/mol. The van der Waals surface area contributed by atoms with Crippen molar-refractivity contribution in [3.8, 4) is 22.9 Å². The lowest BCUT2D eigenvalue weighted by atomic mass is 10.1. The molecule has 6 nitrogen and oxygen atoms in total. The molecule has 0 aliphatic carbocycles. The molecule has 27 heavy (non-hydrogen) atoms. The summed E-state index contributed by atoms with van der Waals surface area (Å²) >= 11 is 1.57. The maximum Gasteiger partial charge on any atom is 0.247 e. The SMILES string of the molecule is CCCCSc1nnc2c(n1)O[C@@H](c1ccccc1O)Nc1ccccc1-2. The minimum Gasteiger partial charge on any atom is -0.507 e. The van der Waals surface area contributed by atoms with Gasteiger partial charge < -0.3 is 15.2 Å². The molecular weight excluding hydrogens is 360 g/mol. The van der Waals surface area contributed by atoms with E-state index in [0.717, 1.165) is 29.8 Å². The van der Waals surface area contributed by atoms with Gasteiger partial charge in [-0.15, -0.1) is 10.2 Å². The number of hydrogen-bond acceptors (Lipinski definition) is 7. The van der Waals surface area contributed by atoms with Crippen molar-refractivity contribution in [3.63, 3.8) is 0 Å². The predicted molar refractivity (Wildman–Crippen MR) is 106 cm³/mol. The number of ether oxygens (including phenoxy) is 1. The van der Waals surface area contributed by atoms with Crippen molar-refractivity contribution in [3.05, 3.63) is 54.1 Å². The molecule has 2 N–H and O–H groups in total. The molecule has 1 aliphatic heterocycles. The number of thioether (sulfide) groups is 1. The van der Waals surface area contributed by atoms with Gasteiger partial charge in [-0.05, 0) is 24.6 Å². The Hall–Kier alpha value is -2.80. The normalized spacial score (nSPS) is 15.1. The fourth-order valence-electron chi connectivity index (χ4n) is 2.87. The van der Waals surface area contributed by atoms with Crippen molar-refractivity contribution in [2.45, 2.75) is 31.1 Å². The first-order valence-electron chi connectivity index (χ1n) is 8.94. The Morgan fingerprint density at radius 2 is 1.93 bits per heavy atom.